The summed E-state index contributed by atoms with van der Waals surface area (Å²) in [4.78, 5) is 34.9. The van der Waals surface area contributed by atoms with Crippen LogP contribution in [-0.2, 0) is 14.3 Å². The monoisotopic (exact) mass is 382 g/mol. The summed E-state index contributed by atoms with van der Waals surface area (Å²) in [7, 11) is 0. The summed E-state index contributed by atoms with van der Waals surface area (Å²) in [5, 5.41) is 13.6. The van der Waals surface area contributed by atoms with Crippen LogP contribution in [0, 0.1) is 0 Å². The highest BCUT2D eigenvalue weighted by Gasteiger charge is 2.29. The number of nitrogens with one attached hydrogen (secondary N) is 2. The number of carbonyl (C=O) groups is 3. The van der Waals surface area contributed by atoms with E-state index in [1.807, 2.05) is 48.5 Å². The zero-order valence-corrected chi connectivity index (χ0v) is 15.6. The lowest BCUT2D eigenvalue weighted by Crippen LogP contribution is -2.49. The molecule has 0 aromatic heterocycles. The van der Waals surface area contributed by atoms with Crippen LogP contribution in [0.25, 0.3) is 11.1 Å². The lowest BCUT2D eigenvalue weighted by atomic mass is 9.98. The largest absolute Gasteiger partial charge is 0.480 e. The summed E-state index contributed by atoms with van der Waals surface area (Å²) < 4.78 is 5.37. The fraction of sp³-hybridized carbons (Fsp3) is 0.286. The van der Waals surface area contributed by atoms with Crippen LogP contribution in [-0.4, -0.2) is 41.8 Å². The van der Waals surface area contributed by atoms with Crippen LogP contribution in [0.4, 0.5) is 4.79 Å². The molecule has 2 aromatic carbocycles. The molecule has 2 amide bonds. The van der Waals surface area contributed by atoms with Crippen LogP contribution in [0.1, 0.15) is 30.9 Å². The van der Waals surface area contributed by atoms with Crippen LogP contribution >= 0.6 is 0 Å². The normalized spacial score (nSPS) is 14.4. The van der Waals surface area contributed by atoms with Gasteiger partial charge in [0.25, 0.3) is 0 Å². The zero-order valence-electron chi connectivity index (χ0n) is 15.6. The number of ether oxygens (including phenoxy) is 1. The molecule has 28 heavy (non-hydrogen) atoms. The first-order valence-electron chi connectivity index (χ1n) is 9.03. The molecule has 0 saturated carbocycles. The minimum atomic E-state index is -1.15. The summed E-state index contributed by atoms with van der Waals surface area (Å²) in [6.07, 6.45) is -0.729. The molecule has 0 aliphatic heterocycles. The number of hydrogen-bond acceptors (Lipinski definition) is 4. The van der Waals surface area contributed by atoms with Crippen molar-refractivity contribution in [3.63, 3.8) is 0 Å². The molecule has 0 fully saturated rings. The minimum absolute atomic E-state index is 0.0747. The second-order valence-electron chi connectivity index (χ2n) is 6.76. The van der Waals surface area contributed by atoms with Gasteiger partial charge in [-0.1, -0.05) is 48.5 Å². The van der Waals surface area contributed by atoms with E-state index in [1.54, 1.807) is 0 Å². The number of benzene rings is 2. The van der Waals surface area contributed by atoms with Crippen molar-refractivity contribution < 1.29 is 24.2 Å². The van der Waals surface area contributed by atoms with Crippen LogP contribution in [0.3, 0.4) is 0 Å². The molecule has 3 N–H and O–H groups in total. The second-order valence-corrected chi connectivity index (χ2v) is 6.76. The second kappa shape index (κ2) is 8.12. The van der Waals surface area contributed by atoms with Gasteiger partial charge < -0.3 is 20.5 Å². The molecule has 7 nitrogen and oxygen atoms in total. The number of carbonyl (C=O) groups excluding carboxylic acids is 2. The summed E-state index contributed by atoms with van der Waals surface area (Å²) in [5.74, 6) is -1.82. The molecule has 0 spiro atoms. The standard InChI is InChI=1S/C21H22N2O5/c1-12(19(24)22-13(2)20(25)26)23-21(27)28-11-18-16-9-5-3-7-14(16)15-8-4-6-10-17(15)18/h3-10,12-13,18H,11H2,1-2H3,(H,22,24)(H,23,27)(H,25,26)/t12?,13-/m0/s1. The quantitative estimate of drug-likeness (QED) is 0.712. The zero-order chi connectivity index (χ0) is 20.3. The molecule has 0 heterocycles. The van der Waals surface area contributed by atoms with Crippen molar-refractivity contribution >= 4 is 18.0 Å². The number of hydrogen-bond donors (Lipinski definition) is 3. The van der Waals surface area contributed by atoms with Gasteiger partial charge in [-0.25, -0.2) is 4.79 Å². The molecule has 1 unspecified atom stereocenters. The first kappa shape index (κ1) is 19.4. The van der Waals surface area contributed by atoms with Gasteiger partial charge in [0.15, 0.2) is 0 Å². The number of aliphatic carboxylic acids is 1. The van der Waals surface area contributed by atoms with E-state index in [-0.39, 0.29) is 12.5 Å². The lowest BCUT2D eigenvalue weighted by molar-refractivity contribution is -0.141. The number of amides is 2. The maximum absolute atomic E-state index is 12.1. The topological polar surface area (TPSA) is 105 Å². The van der Waals surface area contributed by atoms with Gasteiger partial charge >= 0.3 is 12.1 Å². The van der Waals surface area contributed by atoms with E-state index in [0.717, 1.165) is 22.3 Å². The van der Waals surface area contributed by atoms with E-state index in [0.29, 0.717) is 0 Å². The molecule has 0 radical (unpaired) electrons. The van der Waals surface area contributed by atoms with E-state index in [1.165, 1.54) is 13.8 Å². The fourth-order valence-corrected chi connectivity index (χ4v) is 3.28. The van der Waals surface area contributed by atoms with Crippen molar-refractivity contribution in [2.45, 2.75) is 31.8 Å². The minimum Gasteiger partial charge on any atom is -0.480 e. The van der Waals surface area contributed by atoms with Crippen molar-refractivity contribution in [1.29, 1.82) is 0 Å². The van der Waals surface area contributed by atoms with Crippen molar-refractivity contribution in [1.82, 2.24) is 10.6 Å². The van der Waals surface area contributed by atoms with Crippen molar-refractivity contribution in [3.05, 3.63) is 59.7 Å². The van der Waals surface area contributed by atoms with Gasteiger partial charge in [-0.3, -0.25) is 9.59 Å². The van der Waals surface area contributed by atoms with Crippen molar-refractivity contribution in [2.75, 3.05) is 6.61 Å². The Morgan fingerprint density at radius 2 is 1.46 bits per heavy atom. The van der Waals surface area contributed by atoms with Crippen LogP contribution in [0.15, 0.2) is 48.5 Å². The number of carboxylic acids is 1. The van der Waals surface area contributed by atoms with Gasteiger partial charge in [0.05, 0.1) is 0 Å². The Kier molecular flexibility index (Phi) is 5.63. The highest BCUT2D eigenvalue weighted by Crippen LogP contribution is 2.44. The van der Waals surface area contributed by atoms with E-state index in [9.17, 15) is 14.4 Å². The van der Waals surface area contributed by atoms with E-state index >= 15 is 0 Å². The third-order valence-corrected chi connectivity index (χ3v) is 4.80. The van der Waals surface area contributed by atoms with Gasteiger partial charge in [-0.2, -0.15) is 0 Å². The average molecular weight is 382 g/mol. The summed E-state index contributed by atoms with van der Waals surface area (Å²) in [5.41, 5.74) is 4.44. The predicted molar refractivity (Wildman–Crippen MR) is 103 cm³/mol. The molecular weight excluding hydrogens is 360 g/mol. The number of alkyl carbamates (subject to hydrolysis) is 1. The molecule has 1 aliphatic rings. The van der Waals surface area contributed by atoms with Gasteiger partial charge in [0.2, 0.25) is 5.91 Å². The maximum atomic E-state index is 12.1. The van der Waals surface area contributed by atoms with E-state index in [4.69, 9.17) is 9.84 Å². The van der Waals surface area contributed by atoms with Gasteiger partial charge in [-0.05, 0) is 36.1 Å². The Hall–Kier alpha value is -3.35. The predicted octanol–water partition coefficient (Wildman–Crippen LogP) is 2.50. The number of rotatable bonds is 6. The highest BCUT2D eigenvalue weighted by molar-refractivity contribution is 5.88. The molecule has 3 rings (SSSR count). The molecule has 2 atom stereocenters. The molecule has 0 bridgehead atoms. The van der Waals surface area contributed by atoms with E-state index in [2.05, 4.69) is 10.6 Å². The summed E-state index contributed by atoms with van der Waals surface area (Å²) in [6, 6.07) is 14.0. The Morgan fingerprint density at radius 3 is 2.00 bits per heavy atom. The SMILES string of the molecule is CC(NC(=O)OCC1c2ccccc2-c2ccccc21)C(=O)N[C@@H](C)C(=O)O. The Labute approximate surface area is 162 Å². The maximum Gasteiger partial charge on any atom is 0.407 e. The third-order valence-electron chi connectivity index (χ3n) is 4.80. The Morgan fingerprint density at radius 1 is 0.929 bits per heavy atom. The van der Waals surface area contributed by atoms with Gasteiger partial charge in [0.1, 0.15) is 18.7 Å². The molecule has 2 aromatic rings. The molecule has 1 aliphatic carbocycles. The first-order chi connectivity index (χ1) is 13.4. The summed E-state index contributed by atoms with van der Waals surface area (Å²) >= 11 is 0. The third kappa shape index (κ3) is 3.98. The van der Waals surface area contributed by atoms with Crippen LogP contribution in [0.5, 0.6) is 0 Å². The molecular formula is C21H22N2O5. The van der Waals surface area contributed by atoms with Gasteiger partial charge in [0, 0.05) is 5.92 Å². The Balaban J connectivity index is 1.61. The fourth-order valence-electron chi connectivity index (χ4n) is 3.28. The number of carboxylic acid groups (broad SMARTS) is 1. The van der Waals surface area contributed by atoms with Crippen molar-refractivity contribution in [3.8, 4) is 11.1 Å². The number of fused-ring (bicyclic) bond motifs is 3. The first-order valence-corrected chi connectivity index (χ1v) is 9.03. The average Bonchev–Trinajstić information content (AvgIpc) is 3.00. The Bertz CT molecular complexity index is 866. The smallest absolute Gasteiger partial charge is 0.407 e. The van der Waals surface area contributed by atoms with Crippen LogP contribution < -0.4 is 10.6 Å². The summed E-state index contributed by atoms with van der Waals surface area (Å²) in [6.45, 7) is 2.95. The van der Waals surface area contributed by atoms with E-state index < -0.39 is 30.1 Å². The molecule has 7 heteroatoms. The molecule has 146 valence electrons. The molecule has 0 saturated heterocycles. The van der Waals surface area contributed by atoms with Crippen molar-refractivity contribution in [2.24, 2.45) is 0 Å². The van der Waals surface area contributed by atoms with Gasteiger partial charge in [-0.15, -0.1) is 0 Å². The lowest BCUT2D eigenvalue weighted by Gasteiger charge is -2.18. The van der Waals surface area contributed by atoms with Crippen LogP contribution in [0.2, 0.25) is 0 Å². The highest BCUT2D eigenvalue weighted by atomic mass is 16.5.